The van der Waals surface area contributed by atoms with Crippen LogP contribution >= 0.6 is 0 Å². The molecule has 0 aliphatic carbocycles. The van der Waals surface area contributed by atoms with E-state index in [9.17, 15) is 0 Å². The van der Waals surface area contributed by atoms with Crippen molar-refractivity contribution in [3.8, 4) is 0 Å². The van der Waals surface area contributed by atoms with E-state index in [1.54, 1.807) is 0 Å². The van der Waals surface area contributed by atoms with Crippen LogP contribution < -0.4 is 5.73 Å². The van der Waals surface area contributed by atoms with E-state index in [1.165, 1.54) is 45.1 Å². The Kier molecular flexibility index (Phi) is 4.62. The molecular weight excluding hydrogens is 148 g/mol. The van der Waals surface area contributed by atoms with Gasteiger partial charge in [-0.2, -0.15) is 0 Å². The van der Waals surface area contributed by atoms with Crippen LogP contribution in [0.2, 0.25) is 0 Å². The average Bonchev–Trinajstić information content (AvgIpc) is 2.46. The topological polar surface area (TPSA) is 29.3 Å². The van der Waals surface area contributed by atoms with Crippen LogP contribution in [-0.4, -0.2) is 31.1 Å². The molecule has 0 spiro atoms. The first kappa shape index (κ1) is 10.0. The molecule has 72 valence electrons. The number of hydrogen-bond acceptors (Lipinski definition) is 2. The SMILES string of the molecule is CN1CCCC1CCCCCN. The van der Waals surface area contributed by atoms with Crippen LogP contribution in [0, 0.1) is 0 Å². The normalized spacial score (nSPS) is 25.0. The highest BCUT2D eigenvalue weighted by Crippen LogP contribution is 2.19. The van der Waals surface area contributed by atoms with Crippen molar-refractivity contribution in [2.75, 3.05) is 20.1 Å². The van der Waals surface area contributed by atoms with E-state index in [0.29, 0.717) is 0 Å². The zero-order valence-electron chi connectivity index (χ0n) is 8.26. The van der Waals surface area contributed by atoms with Crippen molar-refractivity contribution in [3.63, 3.8) is 0 Å². The van der Waals surface area contributed by atoms with Gasteiger partial charge >= 0.3 is 0 Å². The van der Waals surface area contributed by atoms with Crippen molar-refractivity contribution in [2.45, 2.75) is 44.6 Å². The van der Waals surface area contributed by atoms with Crippen molar-refractivity contribution < 1.29 is 0 Å². The average molecular weight is 170 g/mol. The summed E-state index contributed by atoms with van der Waals surface area (Å²) in [7, 11) is 2.25. The maximum absolute atomic E-state index is 5.44. The van der Waals surface area contributed by atoms with Crippen LogP contribution in [0.25, 0.3) is 0 Å². The van der Waals surface area contributed by atoms with E-state index >= 15 is 0 Å². The van der Waals surface area contributed by atoms with Gasteiger partial charge in [0, 0.05) is 6.04 Å². The molecule has 1 aliphatic rings. The van der Waals surface area contributed by atoms with Gasteiger partial charge in [-0.15, -0.1) is 0 Å². The summed E-state index contributed by atoms with van der Waals surface area (Å²) in [6.45, 7) is 2.17. The first-order chi connectivity index (χ1) is 5.84. The van der Waals surface area contributed by atoms with E-state index in [4.69, 9.17) is 5.73 Å². The molecule has 0 radical (unpaired) electrons. The lowest BCUT2D eigenvalue weighted by Gasteiger charge is -2.18. The molecular formula is C10H22N2. The lowest BCUT2D eigenvalue weighted by Crippen LogP contribution is -2.24. The van der Waals surface area contributed by atoms with Gasteiger partial charge in [0.25, 0.3) is 0 Å². The van der Waals surface area contributed by atoms with Gasteiger partial charge in [0.15, 0.2) is 0 Å². The van der Waals surface area contributed by atoms with Crippen molar-refractivity contribution in [1.82, 2.24) is 4.90 Å². The quantitative estimate of drug-likeness (QED) is 0.635. The molecule has 0 saturated carbocycles. The highest BCUT2D eigenvalue weighted by Gasteiger charge is 2.19. The maximum Gasteiger partial charge on any atom is 0.00926 e. The summed E-state index contributed by atoms with van der Waals surface area (Å²) < 4.78 is 0. The number of likely N-dealkylation sites (tertiary alicyclic amines) is 1. The highest BCUT2D eigenvalue weighted by atomic mass is 15.1. The lowest BCUT2D eigenvalue weighted by atomic mass is 10.1. The van der Waals surface area contributed by atoms with Crippen LogP contribution in [0.1, 0.15) is 38.5 Å². The van der Waals surface area contributed by atoms with Crippen LogP contribution in [0.5, 0.6) is 0 Å². The first-order valence-electron chi connectivity index (χ1n) is 5.25. The van der Waals surface area contributed by atoms with Crippen molar-refractivity contribution in [2.24, 2.45) is 5.73 Å². The van der Waals surface area contributed by atoms with Crippen molar-refractivity contribution >= 4 is 0 Å². The van der Waals surface area contributed by atoms with Crippen LogP contribution in [0.4, 0.5) is 0 Å². The van der Waals surface area contributed by atoms with Crippen LogP contribution in [-0.2, 0) is 0 Å². The third-order valence-electron chi connectivity index (χ3n) is 2.91. The Balaban J connectivity index is 1.98. The molecule has 2 heteroatoms. The second-order valence-corrected chi connectivity index (χ2v) is 3.91. The van der Waals surface area contributed by atoms with Gasteiger partial charge in [0.05, 0.1) is 0 Å². The molecule has 1 rings (SSSR count). The van der Waals surface area contributed by atoms with Gasteiger partial charge < -0.3 is 10.6 Å². The molecule has 1 saturated heterocycles. The molecule has 1 aliphatic heterocycles. The van der Waals surface area contributed by atoms with E-state index in [2.05, 4.69) is 11.9 Å². The highest BCUT2D eigenvalue weighted by molar-refractivity contribution is 4.75. The molecule has 1 unspecified atom stereocenters. The maximum atomic E-state index is 5.44. The minimum absolute atomic E-state index is 0.862. The molecule has 1 atom stereocenters. The van der Waals surface area contributed by atoms with E-state index in [0.717, 1.165) is 12.6 Å². The third-order valence-corrected chi connectivity index (χ3v) is 2.91. The number of unbranched alkanes of at least 4 members (excludes halogenated alkanes) is 2. The van der Waals surface area contributed by atoms with E-state index in [1.807, 2.05) is 0 Å². The Hall–Kier alpha value is -0.0800. The van der Waals surface area contributed by atoms with E-state index in [-0.39, 0.29) is 0 Å². The van der Waals surface area contributed by atoms with Gasteiger partial charge in [0.1, 0.15) is 0 Å². The van der Waals surface area contributed by atoms with Gasteiger partial charge in [-0.25, -0.2) is 0 Å². The van der Waals surface area contributed by atoms with Gasteiger partial charge in [-0.05, 0) is 45.8 Å². The lowest BCUT2D eigenvalue weighted by molar-refractivity contribution is 0.290. The fraction of sp³-hybridized carbons (Fsp3) is 1.00. The molecule has 2 nitrogen and oxygen atoms in total. The fourth-order valence-electron chi connectivity index (χ4n) is 2.05. The second-order valence-electron chi connectivity index (χ2n) is 3.91. The summed E-state index contributed by atoms with van der Waals surface area (Å²) in [5.41, 5.74) is 5.44. The minimum Gasteiger partial charge on any atom is -0.330 e. The predicted octanol–water partition coefficient (Wildman–Crippen LogP) is 1.60. The number of hydrogen-bond donors (Lipinski definition) is 1. The smallest absolute Gasteiger partial charge is 0.00926 e. The number of nitrogens with zero attached hydrogens (tertiary/aromatic N) is 1. The first-order valence-corrected chi connectivity index (χ1v) is 5.25. The molecule has 0 aromatic rings. The fourth-order valence-corrected chi connectivity index (χ4v) is 2.05. The monoisotopic (exact) mass is 170 g/mol. The zero-order valence-corrected chi connectivity index (χ0v) is 8.26. The molecule has 0 bridgehead atoms. The summed E-state index contributed by atoms with van der Waals surface area (Å²) in [6, 6.07) is 0.878. The summed E-state index contributed by atoms with van der Waals surface area (Å²) in [5, 5.41) is 0. The Morgan fingerprint density at radius 1 is 1.33 bits per heavy atom. The van der Waals surface area contributed by atoms with E-state index < -0.39 is 0 Å². The van der Waals surface area contributed by atoms with Crippen LogP contribution in [0.15, 0.2) is 0 Å². The summed E-state index contributed by atoms with van der Waals surface area (Å²) in [4.78, 5) is 2.50. The summed E-state index contributed by atoms with van der Waals surface area (Å²) in [5.74, 6) is 0. The van der Waals surface area contributed by atoms with Gasteiger partial charge in [-0.3, -0.25) is 0 Å². The van der Waals surface area contributed by atoms with Gasteiger partial charge in [-0.1, -0.05) is 12.8 Å². The van der Waals surface area contributed by atoms with Crippen molar-refractivity contribution in [3.05, 3.63) is 0 Å². The molecule has 1 fully saturated rings. The summed E-state index contributed by atoms with van der Waals surface area (Å²) in [6.07, 6.45) is 8.09. The van der Waals surface area contributed by atoms with Crippen LogP contribution in [0.3, 0.4) is 0 Å². The Labute approximate surface area is 76.1 Å². The minimum atomic E-state index is 0.862. The molecule has 2 N–H and O–H groups in total. The Bertz CT molecular complexity index is 114. The number of nitrogens with two attached hydrogens (primary N) is 1. The Morgan fingerprint density at radius 2 is 2.17 bits per heavy atom. The zero-order chi connectivity index (χ0) is 8.81. The predicted molar refractivity (Wildman–Crippen MR) is 53.2 cm³/mol. The second kappa shape index (κ2) is 5.55. The summed E-state index contributed by atoms with van der Waals surface area (Å²) >= 11 is 0. The Morgan fingerprint density at radius 3 is 2.75 bits per heavy atom. The molecule has 0 aromatic heterocycles. The van der Waals surface area contributed by atoms with Gasteiger partial charge in [0.2, 0.25) is 0 Å². The third kappa shape index (κ3) is 3.11. The molecule has 0 aromatic carbocycles. The molecule has 0 amide bonds. The van der Waals surface area contributed by atoms with Crippen molar-refractivity contribution in [1.29, 1.82) is 0 Å². The molecule has 12 heavy (non-hydrogen) atoms. The number of rotatable bonds is 5. The molecule has 1 heterocycles. The largest absolute Gasteiger partial charge is 0.330 e. The standard InChI is InChI=1S/C10H22N2/c1-12-9-5-7-10(12)6-3-2-4-8-11/h10H,2-9,11H2,1H3.